The molecule has 1 aliphatic carbocycles. The number of nitrogens with two attached hydrogens (primary N) is 1. The third-order valence-electron chi connectivity index (χ3n) is 1.48. The average Bonchev–Trinajstić information content (AvgIpc) is 1.91. The molecule has 42 valence electrons. The Kier molecular flexibility index (Phi) is 0.687. The second-order valence-electron chi connectivity index (χ2n) is 1.99. The normalized spacial score (nSPS) is 46.3. The van der Waals surface area contributed by atoms with E-state index in [2.05, 4.69) is 0 Å². The lowest BCUT2D eigenvalue weighted by Gasteiger charge is -1.83. The maximum Gasteiger partial charge on any atom is 0.267 e. The highest BCUT2D eigenvalue weighted by atomic mass is 19.3. The van der Waals surface area contributed by atoms with Crippen molar-refractivity contribution in [3.05, 3.63) is 0 Å². The van der Waals surface area contributed by atoms with Crippen LogP contribution in [0.1, 0.15) is 6.92 Å². The molecule has 0 heterocycles. The predicted molar refractivity (Wildman–Crippen MR) is 22.1 cm³/mol. The summed E-state index contributed by atoms with van der Waals surface area (Å²) in [6.07, 6.45) is 0. The fourth-order valence-electron chi connectivity index (χ4n) is 0.510. The molecule has 0 radical (unpaired) electrons. The van der Waals surface area contributed by atoms with Crippen molar-refractivity contribution in [2.45, 2.75) is 18.9 Å². The molecule has 3 heteroatoms. The minimum atomic E-state index is -2.56. The summed E-state index contributed by atoms with van der Waals surface area (Å²) in [6.45, 7) is 1.45. The maximum absolute atomic E-state index is 11.8. The third-order valence-corrected chi connectivity index (χ3v) is 1.48. The Bertz CT molecular complexity index is 81.7. The number of halogens is 2. The molecule has 0 unspecified atom stereocenters. The van der Waals surface area contributed by atoms with Gasteiger partial charge in [-0.1, -0.05) is 6.92 Å². The van der Waals surface area contributed by atoms with Crippen LogP contribution in [-0.4, -0.2) is 12.0 Å². The summed E-state index contributed by atoms with van der Waals surface area (Å²) in [4.78, 5) is 0. The minimum Gasteiger partial charge on any atom is -0.322 e. The van der Waals surface area contributed by atoms with E-state index in [0.29, 0.717) is 0 Å². The van der Waals surface area contributed by atoms with Gasteiger partial charge < -0.3 is 5.73 Å². The highest BCUT2D eigenvalue weighted by Gasteiger charge is 2.63. The lowest BCUT2D eigenvalue weighted by Crippen LogP contribution is -2.08. The van der Waals surface area contributed by atoms with Gasteiger partial charge in [-0.25, -0.2) is 8.78 Å². The zero-order chi connectivity index (χ0) is 5.65. The second kappa shape index (κ2) is 0.968. The molecule has 7 heavy (non-hydrogen) atoms. The van der Waals surface area contributed by atoms with Crippen LogP contribution in [0.25, 0.3) is 0 Å². The minimum absolute atomic E-state index is 0.590. The van der Waals surface area contributed by atoms with Crippen LogP contribution in [0.15, 0.2) is 0 Å². The van der Waals surface area contributed by atoms with Crippen molar-refractivity contribution in [3.8, 4) is 0 Å². The molecule has 1 saturated carbocycles. The molecule has 1 aliphatic rings. The first-order valence-corrected chi connectivity index (χ1v) is 2.20. The third kappa shape index (κ3) is 0.445. The molecular formula is C4H7F2N. The first-order valence-electron chi connectivity index (χ1n) is 2.20. The van der Waals surface area contributed by atoms with Gasteiger partial charge in [0.05, 0.1) is 6.04 Å². The molecule has 1 rings (SSSR count). The van der Waals surface area contributed by atoms with E-state index >= 15 is 0 Å². The Hall–Kier alpha value is -0.180. The van der Waals surface area contributed by atoms with Gasteiger partial charge in [0.25, 0.3) is 5.92 Å². The maximum atomic E-state index is 11.8. The largest absolute Gasteiger partial charge is 0.322 e. The Morgan fingerprint density at radius 1 is 1.57 bits per heavy atom. The van der Waals surface area contributed by atoms with Gasteiger partial charge in [-0.3, -0.25) is 0 Å². The number of rotatable bonds is 0. The van der Waals surface area contributed by atoms with Crippen molar-refractivity contribution >= 4 is 0 Å². The molecule has 0 aromatic heterocycles. The Balaban J connectivity index is 2.52. The van der Waals surface area contributed by atoms with Gasteiger partial charge in [0.2, 0.25) is 0 Å². The second-order valence-corrected chi connectivity index (χ2v) is 1.99. The molecule has 1 nitrogen and oxygen atoms in total. The summed E-state index contributed by atoms with van der Waals surface area (Å²) in [6, 6.07) is -0.868. The highest BCUT2D eigenvalue weighted by Crippen LogP contribution is 2.46. The van der Waals surface area contributed by atoms with Crippen molar-refractivity contribution in [1.82, 2.24) is 0 Å². The van der Waals surface area contributed by atoms with Crippen molar-refractivity contribution < 1.29 is 8.78 Å². The van der Waals surface area contributed by atoms with Crippen molar-refractivity contribution in [1.29, 1.82) is 0 Å². The van der Waals surface area contributed by atoms with E-state index in [4.69, 9.17) is 5.73 Å². The quantitative estimate of drug-likeness (QED) is 0.482. The van der Waals surface area contributed by atoms with E-state index in [0.717, 1.165) is 0 Å². The smallest absolute Gasteiger partial charge is 0.267 e. The summed E-state index contributed by atoms with van der Waals surface area (Å²) >= 11 is 0. The molecule has 0 aromatic carbocycles. The molecule has 0 aromatic rings. The molecule has 0 bridgehead atoms. The predicted octanol–water partition coefficient (Wildman–Crippen LogP) is 0.599. The van der Waals surface area contributed by atoms with E-state index in [1.165, 1.54) is 6.92 Å². The molecule has 0 amide bonds. The van der Waals surface area contributed by atoms with Gasteiger partial charge in [-0.15, -0.1) is 0 Å². The molecule has 0 spiro atoms. The number of hydrogen-bond donors (Lipinski definition) is 1. The standard InChI is InChI=1S/C4H7F2N/c1-2-3(7)4(2,5)6/h2-3H,7H2,1H3/t2-,3+/m1/s1. The van der Waals surface area contributed by atoms with E-state index in [9.17, 15) is 8.78 Å². The van der Waals surface area contributed by atoms with E-state index in [1.54, 1.807) is 0 Å². The van der Waals surface area contributed by atoms with Gasteiger partial charge >= 0.3 is 0 Å². The fraction of sp³-hybridized carbons (Fsp3) is 1.00. The van der Waals surface area contributed by atoms with Crippen LogP contribution in [0.4, 0.5) is 8.78 Å². The molecule has 1 fully saturated rings. The molecule has 0 saturated heterocycles. The van der Waals surface area contributed by atoms with Crippen molar-refractivity contribution in [2.24, 2.45) is 11.7 Å². The fourth-order valence-corrected chi connectivity index (χ4v) is 0.510. The summed E-state index contributed by atoms with van der Waals surface area (Å²) < 4.78 is 23.6. The van der Waals surface area contributed by atoms with E-state index in [1.807, 2.05) is 0 Å². The topological polar surface area (TPSA) is 26.0 Å². The van der Waals surface area contributed by atoms with Crippen LogP contribution in [0, 0.1) is 5.92 Å². The van der Waals surface area contributed by atoms with Gasteiger partial charge in [0.15, 0.2) is 0 Å². The van der Waals surface area contributed by atoms with Crippen LogP contribution in [0.3, 0.4) is 0 Å². The summed E-state index contributed by atoms with van der Waals surface area (Å²) in [5.74, 6) is -3.15. The zero-order valence-electron chi connectivity index (χ0n) is 3.99. The summed E-state index contributed by atoms with van der Waals surface area (Å²) in [5, 5.41) is 0. The van der Waals surface area contributed by atoms with Crippen molar-refractivity contribution in [3.63, 3.8) is 0 Å². The Morgan fingerprint density at radius 2 is 1.71 bits per heavy atom. The first kappa shape index (κ1) is 4.97. The van der Waals surface area contributed by atoms with Gasteiger partial charge in [-0.2, -0.15) is 0 Å². The lowest BCUT2D eigenvalue weighted by molar-refractivity contribution is 0.0969. The molecule has 2 N–H and O–H groups in total. The summed E-state index contributed by atoms with van der Waals surface area (Å²) in [7, 11) is 0. The molecule has 0 aliphatic heterocycles. The van der Waals surface area contributed by atoms with Gasteiger partial charge in [-0.05, 0) is 0 Å². The van der Waals surface area contributed by atoms with Crippen LogP contribution >= 0.6 is 0 Å². The first-order chi connectivity index (χ1) is 3.07. The average molecular weight is 107 g/mol. The van der Waals surface area contributed by atoms with Crippen LogP contribution in [-0.2, 0) is 0 Å². The SMILES string of the molecule is C[C@@H]1[C@H](N)C1(F)F. The number of alkyl halides is 2. The van der Waals surface area contributed by atoms with Gasteiger partial charge in [0.1, 0.15) is 0 Å². The lowest BCUT2D eigenvalue weighted by atomic mass is 10.5. The monoisotopic (exact) mass is 107 g/mol. The van der Waals surface area contributed by atoms with Crippen LogP contribution in [0.5, 0.6) is 0 Å². The van der Waals surface area contributed by atoms with Crippen LogP contribution in [0.2, 0.25) is 0 Å². The summed E-state index contributed by atoms with van der Waals surface area (Å²) in [5.41, 5.74) is 4.89. The zero-order valence-corrected chi connectivity index (χ0v) is 3.99. The Labute approximate surface area is 40.5 Å². The highest BCUT2D eigenvalue weighted by molar-refractivity contribution is 5.06. The van der Waals surface area contributed by atoms with E-state index < -0.39 is 17.9 Å². The van der Waals surface area contributed by atoms with Crippen molar-refractivity contribution in [2.75, 3.05) is 0 Å². The number of hydrogen-bond acceptors (Lipinski definition) is 1. The molecule has 2 atom stereocenters. The van der Waals surface area contributed by atoms with Gasteiger partial charge in [0, 0.05) is 5.92 Å². The van der Waals surface area contributed by atoms with Crippen LogP contribution < -0.4 is 5.73 Å². The van der Waals surface area contributed by atoms with E-state index in [-0.39, 0.29) is 0 Å². The Morgan fingerprint density at radius 3 is 1.71 bits per heavy atom. The molecular weight excluding hydrogens is 100 g/mol.